The number of pyridine rings is 1. The van der Waals surface area contributed by atoms with E-state index in [4.69, 9.17) is 25.3 Å². The van der Waals surface area contributed by atoms with Gasteiger partial charge in [0.1, 0.15) is 5.71 Å². The quantitative estimate of drug-likeness (QED) is 0.164. The number of allylic oxidation sites excluding steroid dienone is 1. The van der Waals surface area contributed by atoms with Gasteiger partial charge in [-0.3, -0.25) is 5.41 Å². The van der Waals surface area contributed by atoms with Crippen molar-refractivity contribution in [2.45, 2.75) is 0 Å². The van der Waals surface area contributed by atoms with E-state index >= 15 is 0 Å². The Morgan fingerprint density at radius 3 is 1.82 bits per heavy atom. The zero-order valence-corrected chi connectivity index (χ0v) is 33.6. The summed E-state index contributed by atoms with van der Waals surface area (Å²) in [4.78, 5) is 20.4. The predicted molar refractivity (Wildman–Crippen MR) is 253 cm³/mol. The molecule has 282 valence electrons. The summed E-state index contributed by atoms with van der Waals surface area (Å²) in [5, 5.41) is 12.1. The molecule has 11 rings (SSSR count). The van der Waals surface area contributed by atoms with E-state index < -0.39 is 0 Å². The van der Waals surface area contributed by atoms with E-state index in [9.17, 15) is 0 Å². The van der Waals surface area contributed by atoms with E-state index in [-0.39, 0.29) is 0 Å². The Labute approximate surface area is 355 Å². The second-order valence-electron chi connectivity index (χ2n) is 14.7. The van der Waals surface area contributed by atoms with Crippen LogP contribution in [0.25, 0.3) is 105 Å². The fourth-order valence-electron chi connectivity index (χ4n) is 8.14. The average molecular weight is 805 g/mol. The zero-order valence-electron chi connectivity index (χ0n) is 31.9. The number of rotatable bonds is 6. The molecule has 3 aromatic heterocycles. The van der Waals surface area contributed by atoms with Crippen molar-refractivity contribution in [2.24, 2.45) is 4.40 Å². The van der Waals surface area contributed by atoms with Crippen LogP contribution in [0.4, 0.5) is 0 Å². The summed E-state index contributed by atoms with van der Waals surface area (Å²) in [7, 11) is 0. The lowest BCUT2D eigenvalue weighted by atomic mass is 9.87. The number of nitrogens with zero attached hydrogens (tertiary/aromatic N) is 5. The van der Waals surface area contributed by atoms with Crippen molar-refractivity contribution in [3.63, 3.8) is 0 Å². The Morgan fingerprint density at radius 1 is 0.467 bits per heavy atom. The number of fused-ring (bicyclic) bond motifs is 6. The number of nitrogens with one attached hydrogen (secondary N) is 1. The van der Waals surface area contributed by atoms with Crippen LogP contribution in [-0.2, 0) is 0 Å². The maximum absolute atomic E-state index is 8.64. The van der Waals surface area contributed by atoms with Gasteiger partial charge in [-0.05, 0) is 65.4 Å². The van der Waals surface area contributed by atoms with Crippen LogP contribution in [0.5, 0.6) is 0 Å². The average Bonchev–Trinajstić information content (AvgIpc) is 3.71. The predicted octanol–water partition coefficient (Wildman–Crippen LogP) is 13.5. The van der Waals surface area contributed by atoms with Gasteiger partial charge >= 0.3 is 0 Å². The molecule has 0 saturated carbocycles. The van der Waals surface area contributed by atoms with Gasteiger partial charge in [0.25, 0.3) is 0 Å². The lowest BCUT2D eigenvalue weighted by Crippen LogP contribution is -2.18. The van der Waals surface area contributed by atoms with Gasteiger partial charge in [-0.25, -0.2) is 24.3 Å². The molecule has 7 aromatic carbocycles. The molecule has 0 aliphatic heterocycles. The van der Waals surface area contributed by atoms with Crippen LogP contribution < -0.4 is 0 Å². The fourth-order valence-corrected chi connectivity index (χ4v) is 9.58. The van der Waals surface area contributed by atoms with Gasteiger partial charge in [-0.15, -0.1) is 11.3 Å². The third kappa shape index (κ3) is 6.21. The van der Waals surface area contributed by atoms with Crippen molar-refractivity contribution in [3.05, 3.63) is 187 Å². The summed E-state index contributed by atoms with van der Waals surface area (Å²) in [6.07, 6.45) is 3.72. The molecule has 0 fully saturated rings. The minimum absolute atomic E-state index is 0.313. The highest BCUT2D eigenvalue weighted by molar-refractivity contribution is 7.79. The van der Waals surface area contributed by atoms with Crippen LogP contribution in [0, 0.1) is 5.41 Å². The van der Waals surface area contributed by atoms with Gasteiger partial charge in [-0.2, -0.15) is 0 Å². The lowest BCUT2D eigenvalue weighted by Gasteiger charge is -2.20. The number of hydrogen-bond acceptors (Lipinski definition) is 8. The molecular weight excluding hydrogens is 773 g/mol. The Bertz CT molecular complexity index is 3390. The van der Waals surface area contributed by atoms with E-state index in [1.165, 1.54) is 25.7 Å². The second-order valence-corrected chi connectivity index (χ2v) is 15.9. The minimum Gasteiger partial charge on any atom is -0.299 e. The Hall–Kier alpha value is -7.39. The first-order valence-electron chi connectivity index (χ1n) is 19.6. The molecule has 0 bridgehead atoms. The summed E-state index contributed by atoms with van der Waals surface area (Å²) in [6.45, 7) is 0. The monoisotopic (exact) mass is 804 g/mol. The number of thiol groups is 1. The van der Waals surface area contributed by atoms with Gasteiger partial charge in [0.2, 0.25) is 0 Å². The number of thiophene rings is 1. The van der Waals surface area contributed by atoms with Crippen molar-refractivity contribution in [3.8, 4) is 67.7 Å². The molecule has 10 aromatic rings. The number of benzene rings is 7. The fraction of sp³-hybridized carbons (Fsp3) is 0. The van der Waals surface area contributed by atoms with Crippen LogP contribution in [0.1, 0.15) is 11.1 Å². The molecule has 1 N–H and O–H groups in total. The van der Waals surface area contributed by atoms with E-state index in [1.54, 1.807) is 6.08 Å². The Morgan fingerprint density at radius 2 is 1.05 bits per heavy atom. The highest BCUT2D eigenvalue weighted by atomic mass is 32.1. The molecule has 3 heterocycles. The molecule has 1 aliphatic rings. The molecular formula is C52H32N6S2. The Kier molecular flexibility index (Phi) is 8.80. The van der Waals surface area contributed by atoms with E-state index in [1.807, 2.05) is 78.1 Å². The molecule has 0 radical (unpaired) electrons. The summed E-state index contributed by atoms with van der Waals surface area (Å²) >= 11 is 6.13. The van der Waals surface area contributed by atoms with E-state index in [2.05, 4.69) is 126 Å². The van der Waals surface area contributed by atoms with Crippen molar-refractivity contribution >= 4 is 72.7 Å². The van der Waals surface area contributed by atoms with Gasteiger partial charge in [-0.1, -0.05) is 152 Å². The summed E-state index contributed by atoms with van der Waals surface area (Å²) in [6, 6.07) is 58.5. The van der Waals surface area contributed by atoms with Gasteiger partial charge < -0.3 is 0 Å². The third-order valence-electron chi connectivity index (χ3n) is 11.1. The van der Waals surface area contributed by atoms with Gasteiger partial charge in [0, 0.05) is 58.9 Å². The molecule has 0 spiro atoms. The smallest absolute Gasteiger partial charge is 0.164 e. The van der Waals surface area contributed by atoms with Crippen LogP contribution in [0.2, 0.25) is 0 Å². The maximum atomic E-state index is 8.64. The van der Waals surface area contributed by atoms with Gasteiger partial charge in [0.05, 0.1) is 16.9 Å². The lowest BCUT2D eigenvalue weighted by molar-refractivity contribution is 1.07. The van der Waals surface area contributed by atoms with Crippen LogP contribution in [-0.4, -0.2) is 31.4 Å². The summed E-state index contributed by atoms with van der Waals surface area (Å²) < 4.78 is 6.84. The molecule has 0 saturated heterocycles. The molecule has 8 heteroatoms. The van der Waals surface area contributed by atoms with Crippen LogP contribution in [0.15, 0.2) is 180 Å². The largest absolute Gasteiger partial charge is 0.299 e. The first kappa shape index (κ1) is 35.7. The maximum Gasteiger partial charge on any atom is 0.164 e. The summed E-state index contributed by atoms with van der Waals surface area (Å²) in [5.74, 6) is 1.79. The second kappa shape index (κ2) is 14.8. The molecule has 1 aliphatic carbocycles. The summed E-state index contributed by atoms with van der Waals surface area (Å²) in [5.41, 5.74) is 12.3. The molecule has 60 heavy (non-hydrogen) atoms. The third-order valence-corrected chi connectivity index (χ3v) is 12.5. The van der Waals surface area contributed by atoms with Gasteiger partial charge in [0.15, 0.2) is 17.5 Å². The van der Waals surface area contributed by atoms with Crippen molar-refractivity contribution < 1.29 is 0 Å². The number of aromatic nitrogens is 4. The Balaban J connectivity index is 1.00. The molecule has 0 atom stereocenters. The standard InChI is InChI=1S/C52H32N6S2/c53-43-28-27-42-46(48(43)58-59)41-26-25-36(30-44(41)54-47(42)32-11-3-1-4-12-32)35-15-9-16-37(29-35)52-56-50(33-13-5-2-6-14-33)55-51(57-52)34-23-21-31(22-24-34)38-18-10-19-40-39-17-7-8-20-45(39)60-49(38)40/h1-30,53,59H/b53-43?,58-48+. The van der Waals surface area contributed by atoms with Crippen LogP contribution >= 0.6 is 24.2 Å². The van der Waals surface area contributed by atoms with Crippen molar-refractivity contribution in [1.29, 1.82) is 5.41 Å². The highest BCUT2D eigenvalue weighted by Gasteiger charge is 2.24. The number of hydrogen-bond donors (Lipinski definition) is 2. The van der Waals surface area contributed by atoms with E-state index in [0.29, 0.717) is 28.9 Å². The highest BCUT2D eigenvalue weighted by Crippen LogP contribution is 2.41. The topological polar surface area (TPSA) is 87.8 Å². The van der Waals surface area contributed by atoms with Crippen molar-refractivity contribution in [2.75, 3.05) is 0 Å². The SMILES string of the molecule is N=C1C=Cc2c(-c3ccccc3)nc3cc(-c4cccc(-c5nc(-c6ccccc6)nc(-c6ccc(-c7cccc8c7sc7ccccc78)cc6)n5)c4)ccc3c2/C1=N/S. The molecule has 6 nitrogen and oxygen atoms in total. The molecule has 0 amide bonds. The van der Waals surface area contributed by atoms with E-state index in [0.717, 1.165) is 66.7 Å². The minimum atomic E-state index is 0.313. The first-order chi connectivity index (χ1) is 29.6. The van der Waals surface area contributed by atoms with Crippen molar-refractivity contribution in [1.82, 2.24) is 19.9 Å². The zero-order chi connectivity index (χ0) is 40.2. The first-order valence-corrected chi connectivity index (χ1v) is 20.8. The van der Waals surface area contributed by atoms with Crippen LogP contribution in [0.3, 0.4) is 0 Å². The normalized spacial score (nSPS) is 13.1. The molecule has 0 unspecified atom stereocenters.